The SMILES string of the molecule is CCNCc1ccc(OC)c(OCCCCC#N)c1. The Morgan fingerprint density at radius 3 is 2.79 bits per heavy atom. The molecule has 0 saturated heterocycles. The number of hydrogen-bond donors (Lipinski definition) is 1. The highest BCUT2D eigenvalue weighted by Gasteiger charge is 2.05. The molecule has 0 unspecified atom stereocenters. The number of rotatable bonds is 9. The molecule has 0 radical (unpaired) electrons. The molecule has 0 aromatic heterocycles. The molecule has 4 heteroatoms. The van der Waals surface area contributed by atoms with Crippen LogP contribution in [0.15, 0.2) is 18.2 Å². The first-order valence-electron chi connectivity index (χ1n) is 6.69. The molecule has 0 aliphatic carbocycles. The second-order valence-corrected chi connectivity index (χ2v) is 4.23. The zero-order chi connectivity index (χ0) is 13.9. The van der Waals surface area contributed by atoms with Gasteiger partial charge in [-0.2, -0.15) is 5.26 Å². The Kier molecular flexibility index (Phi) is 7.45. The fraction of sp³-hybridized carbons (Fsp3) is 0.533. The van der Waals surface area contributed by atoms with Gasteiger partial charge in [-0.3, -0.25) is 0 Å². The van der Waals surface area contributed by atoms with Crippen LogP contribution in [0.25, 0.3) is 0 Å². The van der Waals surface area contributed by atoms with Gasteiger partial charge in [0.25, 0.3) is 0 Å². The molecule has 0 aliphatic heterocycles. The van der Waals surface area contributed by atoms with Crippen molar-refractivity contribution < 1.29 is 9.47 Å². The molecule has 1 rings (SSSR count). The van der Waals surface area contributed by atoms with Crippen molar-refractivity contribution in [2.24, 2.45) is 0 Å². The van der Waals surface area contributed by atoms with Crippen LogP contribution in [-0.2, 0) is 6.54 Å². The zero-order valence-electron chi connectivity index (χ0n) is 11.7. The lowest BCUT2D eigenvalue weighted by Crippen LogP contribution is -2.11. The molecule has 0 bridgehead atoms. The zero-order valence-corrected chi connectivity index (χ0v) is 11.7. The number of nitrogens with zero attached hydrogens (tertiary/aromatic N) is 1. The van der Waals surface area contributed by atoms with Gasteiger partial charge in [0, 0.05) is 13.0 Å². The van der Waals surface area contributed by atoms with E-state index in [2.05, 4.69) is 18.3 Å². The molecule has 4 nitrogen and oxygen atoms in total. The number of unbranched alkanes of at least 4 members (excludes halogenated alkanes) is 2. The first-order chi connectivity index (χ1) is 9.31. The predicted molar refractivity (Wildman–Crippen MR) is 75.3 cm³/mol. The lowest BCUT2D eigenvalue weighted by atomic mass is 10.2. The normalized spacial score (nSPS) is 9.95. The van der Waals surface area contributed by atoms with Gasteiger partial charge in [-0.1, -0.05) is 13.0 Å². The first-order valence-corrected chi connectivity index (χ1v) is 6.69. The van der Waals surface area contributed by atoms with E-state index in [0.717, 1.165) is 37.4 Å². The Bertz CT molecular complexity index is 413. The second-order valence-electron chi connectivity index (χ2n) is 4.23. The lowest BCUT2D eigenvalue weighted by molar-refractivity contribution is 0.286. The van der Waals surface area contributed by atoms with Gasteiger partial charge < -0.3 is 14.8 Å². The summed E-state index contributed by atoms with van der Waals surface area (Å²) in [6.07, 6.45) is 2.34. The van der Waals surface area contributed by atoms with Gasteiger partial charge in [0.1, 0.15) is 0 Å². The maximum absolute atomic E-state index is 8.47. The van der Waals surface area contributed by atoms with Gasteiger partial charge in [0.15, 0.2) is 11.5 Å². The lowest BCUT2D eigenvalue weighted by Gasteiger charge is -2.12. The Balaban J connectivity index is 2.55. The van der Waals surface area contributed by atoms with Gasteiger partial charge in [-0.05, 0) is 37.1 Å². The average molecular weight is 262 g/mol. The Morgan fingerprint density at radius 1 is 1.26 bits per heavy atom. The Hall–Kier alpha value is -1.73. The van der Waals surface area contributed by atoms with Gasteiger partial charge in [-0.25, -0.2) is 0 Å². The van der Waals surface area contributed by atoms with Crippen LogP contribution in [0.1, 0.15) is 31.7 Å². The first kappa shape index (κ1) is 15.3. The number of hydrogen-bond acceptors (Lipinski definition) is 4. The van der Waals surface area contributed by atoms with E-state index in [9.17, 15) is 0 Å². The summed E-state index contributed by atoms with van der Waals surface area (Å²) in [7, 11) is 1.64. The molecule has 1 N–H and O–H groups in total. The predicted octanol–water partition coefficient (Wildman–Crippen LogP) is 2.88. The number of nitriles is 1. The fourth-order valence-electron chi connectivity index (χ4n) is 1.70. The van der Waals surface area contributed by atoms with Gasteiger partial charge >= 0.3 is 0 Å². The maximum atomic E-state index is 8.47. The number of methoxy groups -OCH3 is 1. The standard InChI is InChI=1S/C15H22N2O2/c1-3-17-12-13-7-8-14(18-2)15(11-13)19-10-6-4-5-9-16/h7-8,11,17H,3-6,10,12H2,1-2H3. The highest BCUT2D eigenvalue weighted by Crippen LogP contribution is 2.28. The summed E-state index contributed by atoms with van der Waals surface area (Å²) in [5, 5.41) is 11.7. The molecule has 1 aromatic rings. The molecule has 0 aliphatic rings. The second kappa shape index (κ2) is 9.23. The minimum atomic E-state index is 0.584. The van der Waals surface area contributed by atoms with Gasteiger partial charge in [0.2, 0.25) is 0 Å². The molecule has 104 valence electrons. The Labute approximate surface area is 115 Å². The smallest absolute Gasteiger partial charge is 0.161 e. The van der Waals surface area contributed by atoms with E-state index in [1.165, 1.54) is 5.56 Å². The summed E-state index contributed by atoms with van der Waals surface area (Å²) in [5.74, 6) is 1.52. The van der Waals surface area contributed by atoms with E-state index in [0.29, 0.717) is 13.0 Å². The molecule has 0 atom stereocenters. The summed E-state index contributed by atoms with van der Waals surface area (Å²) in [6.45, 7) is 4.46. The van der Waals surface area contributed by atoms with Crippen LogP contribution >= 0.6 is 0 Å². The van der Waals surface area contributed by atoms with Crippen LogP contribution in [0.3, 0.4) is 0 Å². The van der Waals surface area contributed by atoms with Crippen LogP contribution in [0, 0.1) is 11.3 Å². The van der Waals surface area contributed by atoms with E-state index in [4.69, 9.17) is 14.7 Å². The summed E-state index contributed by atoms with van der Waals surface area (Å²) in [4.78, 5) is 0. The van der Waals surface area contributed by atoms with Crippen LogP contribution in [0.2, 0.25) is 0 Å². The quantitative estimate of drug-likeness (QED) is 0.695. The summed E-state index contributed by atoms with van der Waals surface area (Å²) in [6, 6.07) is 8.10. The van der Waals surface area contributed by atoms with Crippen LogP contribution in [0.4, 0.5) is 0 Å². The third-order valence-corrected chi connectivity index (χ3v) is 2.75. The van der Waals surface area contributed by atoms with E-state index in [1.807, 2.05) is 18.2 Å². The molecular weight excluding hydrogens is 240 g/mol. The van der Waals surface area contributed by atoms with Crippen molar-refractivity contribution in [2.75, 3.05) is 20.3 Å². The van der Waals surface area contributed by atoms with Crippen molar-refractivity contribution >= 4 is 0 Å². The van der Waals surface area contributed by atoms with Crippen molar-refractivity contribution in [1.82, 2.24) is 5.32 Å². The minimum absolute atomic E-state index is 0.584. The van der Waals surface area contributed by atoms with Crippen LogP contribution in [-0.4, -0.2) is 20.3 Å². The fourth-order valence-corrected chi connectivity index (χ4v) is 1.70. The van der Waals surface area contributed by atoms with E-state index in [-0.39, 0.29) is 0 Å². The van der Waals surface area contributed by atoms with E-state index < -0.39 is 0 Å². The number of benzene rings is 1. The van der Waals surface area contributed by atoms with Crippen molar-refractivity contribution in [2.45, 2.75) is 32.7 Å². The summed E-state index contributed by atoms with van der Waals surface area (Å²) < 4.78 is 11.0. The van der Waals surface area contributed by atoms with Gasteiger partial charge in [0.05, 0.1) is 19.8 Å². The summed E-state index contributed by atoms with van der Waals surface area (Å²) >= 11 is 0. The molecule has 0 spiro atoms. The van der Waals surface area contributed by atoms with Crippen molar-refractivity contribution in [1.29, 1.82) is 5.26 Å². The minimum Gasteiger partial charge on any atom is -0.493 e. The monoisotopic (exact) mass is 262 g/mol. The molecule has 0 fully saturated rings. The number of nitrogens with one attached hydrogen (secondary N) is 1. The van der Waals surface area contributed by atoms with Gasteiger partial charge in [-0.15, -0.1) is 0 Å². The topological polar surface area (TPSA) is 54.3 Å². The van der Waals surface area contributed by atoms with E-state index >= 15 is 0 Å². The highest BCUT2D eigenvalue weighted by atomic mass is 16.5. The molecule has 1 aromatic carbocycles. The van der Waals surface area contributed by atoms with Crippen LogP contribution < -0.4 is 14.8 Å². The third-order valence-electron chi connectivity index (χ3n) is 2.75. The molecule has 0 heterocycles. The molecule has 0 saturated carbocycles. The van der Waals surface area contributed by atoms with Crippen LogP contribution in [0.5, 0.6) is 11.5 Å². The average Bonchev–Trinajstić information content (AvgIpc) is 2.45. The maximum Gasteiger partial charge on any atom is 0.161 e. The van der Waals surface area contributed by atoms with Crippen molar-refractivity contribution in [3.63, 3.8) is 0 Å². The molecular formula is C15H22N2O2. The highest BCUT2D eigenvalue weighted by molar-refractivity contribution is 5.42. The third kappa shape index (κ3) is 5.62. The number of ether oxygens (including phenoxy) is 2. The van der Waals surface area contributed by atoms with Crippen molar-refractivity contribution in [3.05, 3.63) is 23.8 Å². The Morgan fingerprint density at radius 2 is 2.11 bits per heavy atom. The molecule has 19 heavy (non-hydrogen) atoms. The largest absolute Gasteiger partial charge is 0.493 e. The molecule has 0 amide bonds. The summed E-state index contributed by atoms with van der Waals surface area (Å²) in [5.41, 5.74) is 1.18. The van der Waals surface area contributed by atoms with Crippen molar-refractivity contribution in [3.8, 4) is 17.6 Å². The van der Waals surface area contributed by atoms with E-state index in [1.54, 1.807) is 7.11 Å².